The maximum absolute atomic E-state index is 12.8. The van der Waals surface area contributed by atoms with Gasteiger partial charge in [0, 0.05) is 11.4 Å². The van der Waals surface area contributed by atoms with Gasteiger partial charge in [-0.05, 0) is 43.2 Å². The zero-order valence-corrected chi connectivity index (χ0v) is 20.9. The molecule has 0 saturated heterocycles. The van der Waals surface area contributed by atoms with Gasteiger partial charge in [-0.15, -0.1) is 4.40 Å². The number of alkyl halides is 3. The van der Waals surface area contributed by atoms with Crippen molar-refractivity contribution in [3.63, 3.8) is 0 Å². The summed E-state index contributed by atoms with van der Waals surface area (Å²) in [5.74, 6) is 0.144. The molecule has 10 heteroatoms. The lowest BCUT2D eigenvalue weighted by Gasteiger charge is -2.18. The second kappa shape index (κ2) is 11.5. The van der Waals surface area contributed by atoms with Gasteiger partial charge in [0.1, 0.15) is 5.84 Å². The van der Waals surface area contributed by atoms with Crippen molar-refractivity contribution in [1.82, 2.24) is 5.32 Å². The quantitative estimate of drug-likeness (QED) is 0.257. The third-order valence-corrected chi connectivity index (χ3v) is 6.30. The first kappa shape index (κ1) is 25.9. The standard InChI is InChI=1S/C21H23Cl4N3O2S/c1-3-4-5-19(28-31(29,30)18-12-6-15(2)7-13-18)27-20(21(23,24)25)26-14-16-8-10-17(22)11-9-16/h6-13H,3-5,14H2,1-2H3,(H,26,27,28). The molecule has 2 aromatic rings. The average Bonchev–Trinajstić information content (AvgIpc) is 2.69. The van der Waals surface area contributed by atoms with Crippen LogP contribution in [0.5, 0.6) is 0 Å². The van der Waals surface area contributed by atoms with Crippen LogP contribution in [0.1, 0.15) is 37.3 Å². The first-order valence-electron chi connectivity index (χ1n) is 9.55. The highest BCUT2D eigenvalue weighted by atomic mass is 35.6. The summed E-state index contributed by atoms with van der Waals surface area (Å²) < 4.78 is 27.6. The van der Waals surface area contributed by atoms with E-state index in [1.807, 2.05) is 13.8 Å². The highest BCUT2D eigenvalue weighted by molar-refractivity contribution is 7.90. The van der Waals surface area contributed by atoms with E-state index in [-0.39, 0.29) is 23.1 Å². The molecule has 0 unspecified atom stereocenters. The monoisotopic (exact) mass is 521 g/mol. The number of benzene rings is 2. The van der Waals surface area contributed by atoms with Crippen molar-refractivity contribution in [3.8, 4) is 0 Å². The molecule has 0 aliphatic rings. The molecular weight excluding hydrogens is 500 g/mol. The van der Waals surface area contributed by atoms with Crippen molar-refractivity contribution in [3.05, 3.63) is 64.7 Å². The second-order valence-electron chi connectivity index (χ2n) is 6.84. The molecule has 168 valence electrons. The number of amidine groups is 2. The molecule has 0 spiro atoms. The van der Waals surface area contributed by atoms with E-state index in [0.29, 0.717) is 17.9 Å². The molecule has 2 aromatic carbocycles. The fraction of sp³-hybridized carbons (Fsp3) is 0.333. The van der Waals surface area contributed by atoms with Gasteiger partial charge in [-0.2, -0.15) is 8.42 Å². The molecule has 0 bridgehead atoms. The van der Waals surface area contributed by atoms with Crippen LogP contribution >= 0.6 is 46.4 Å². The number of unbranched alkanes of at least 4 members (excludes halogenated alkanes) is 1. The van der Waals surface area contributed by atoms with Crippen LogP contribution in [0.25, 0.3) is 0 Å². The number of halogens is 4. The highest BCUT2D eigenvalue weighted by Gasteiger charge is 2.29. The average molecular weight is 523 g/mol. The molecule has 0 aromatic heterocycles. The van der Waals surface area contributed by atoms with Crippen LogP contribution < -0.4 is 5.32 Å². The van der Waals surface area contributed by atoms with Crippen molar-refractivity contribution in [2.24, 2.45) is 9.39 Å². The Morgan fingerprint density at radius 1 is 1.03 bits per heavy atom. The van der Waals surface area contributed by atoms with Gasteiger partial charge in [0.25, 0.3) is 10.0 Å². The topological polar surface area (TPSA) is 70.9 Å². The molecule has 0 aliphatic carbocycles. The van der Waals surface area contributed by atoms with E-state index in [2.05, 4.69) is 14.7 Å². The van der Waals surface area contributed by atoms with E-state index in [1.54, 1.807) is 36.4 Å². The Hall–Kier alpha value is -1.31. The molecule has 0 saturated carbocycles. The SMILES string of the molecule is CCCC/C(=N\S(=O)(=O)c1ccc(C)cc1)NC(=NCc1ccc(Cl)cc1)C(Cl)(Cl)Cl. The van der Waals surface area contributed by atoms with E-state index in [0.717, 1.165) is 17.5 Å². The fourth-order valence-electron chi connectivity index (χ4n) is 2.48. The van der Waals surface area contributed by atoms with Crippen molar-refractivity contribution < 1.29 is 8.42 Å². The van der Waals surface area contributed by atoms with Gasteiger partial charge in [-0.1, -0.05) is 89.6 Å². The molecule has 0 heterocycles. The van der Waals surface area contributed by atoms with E-state index >= 15 is 0 Å². The summed E-state index contributed by atoms with van der Waals surface area (Å²) in [6.45, 7) is 4.06. The van der Waals surface area contributed by atoms with E-state index in [4.69, 9.17) is 46.4 Å². The smallest absolute Gasteiger partial charge is 0.283 e. The lowest BCUT2D eigenvalue weighted by Crippen LogP contribution is -2.39. The number of rotatable bonds is 7. The van der Waals surface area contributed by atoms with E-state index < -0.39 is 13.8 Å². The van der Waals surface area contributed by atoms with Gasteiger partial charge < -0.3 is 5.32 Å². The third kappa shape index (κ3) is 8.62. The maximum Gasteiger partial charge on any atom is 0.283 e. The van der Waals surface area contributed by atoms with Crippen molar-refractivity contribution >= 4 is 68.1 Å². The molecule has 31 heavy (non-hydrogen) atoms. The molecule has 1 N–H and O–H groups in total. The van der Waals surface area contributed by atoms with Crippen LogP contribution in [-0.4, -0.2) is 23.9 Å². The third-order valence-electron chi connectivity index (χ3n) is 4.18. The summed E-state index contributed by atoms with van der Waals surface area (Å²) in [5, 5.41) is 3.45. The maximum atomic E-state index is 12.8. The number of hydrogen-bond acceptors (Lipinski definition) is 3. The predicted molar refractivity (Wildman–Crippen MR) is 131 cm³/mol. The van der Waals surface area contributed by atoms with Crippen LogP contribution in [-0.2, 0) is 16.6 Å². The van der Waals surface area contributed by atoms with E-state index in [9.17, 15) is 8.42 Å². The Labute approximate surface area is 203 Å². The lowest BCUT2D eigenvalue weighted by molar-refractivity contribution is 0.597. The Morgan fingerprint density at radius 3 is 2.19 bits per heavy atom. The number of aryl methyl sites for hydroxylation is 1. The van der Waals surface area contributed by atoms with Crippen molar-refractivity contribution in [1.29, 1.82) is 0 Å². The van der Waals surface area contributed by atoms with Gasteiger partial charge in [0.05, 0.1) is 11.4 Å². The molecule has 2 rings (SSSR count). The zero-order chi connectivity index (χ0) is 23.1. The van der Waals surface area contributed by atoms with Gasteiger partial charge in [-0.25, -0.2) is 0 Å². The molecule has 0 atom stereocenters. The van der Waals surface area contributed by atoms with Crippen LogP contribution in [0, 0.1) is 6.92 Å². The first-order chi connectivity index (χ1) is 14.5. The summed E-state index contributed by atoms with van der Waals surface area (Å²) in [6, 6.07) is 13.5. The summed E-state index contributed by atoms with van der Waals surface area (Å²) in [7, 11) is -3.94. The Morgan fingerprint density at radius 2 is 1.65 bits per heavy atom. The molecular formula is C21H23Cl4N3O2S. The minimum Gasteiger partial charge on any atom is -0.328 e. The highest BCUT2D eigenvalue weighted by Crippen LogP contribution is 2.28. The number of sulfonamides is 1. The zero-order valence-electron chi connectivity index (χ0n) is 17.1. The van der Waals surface area contributed by atoms with E-state index in [1.165, 1.54) is 12.1 Å². The Kier molecular flexibility index (Phi) is 9.65. The van der Waals surface area contributed by atoms with Gasteiger partial charge in [0.2, 0.25) is 3.79 Å². The van der Waals surface area contributed by atoms with Crippen LogP contribution in [0.3, 0.4) is 0 Å². The number of nitrogens with zero attached hydrogens (tertiary/aromatic N) is 2. The Balaban J connectivity index is 2.35. The molecule has 0 fully saturated rings. The van der Waals surface area contributed by atoms with Crippen LogP contribution in [0.2, 0.25) is 5.02 Å². The largest absolute Gasteiger partial charge is 0.328 e. The summed E-state index contributed by atoms with van der Waals surface area (Å²) in [6.07, 6.45) is 1.87. The second-order valence-corrected chi connectivity index (χ2v) is 11.2. The number of aliphatic imine (C=N–C) groups is 1. The number of nitrogens with one attached hydrogen (secondary N) is 1. The number of hydrogen-bond donors (Lipinski definition) is 1. The normalized spacial score (nSPS) is 13.4. The van der Waals surface area contributed by atoms with Crippen molar-refractivity contribution in [2.75, 3.05) is 0 Å². The first-order valence-corrected chi connectivity index (χ1v) is 12.5. The van der Waals surface area contributed by atoms with Crippen LogP contribution in [0.15, 0.2) is 62.8 Å². The summed E-state index contributed by atoms with van der Waals surface area (Å²) in [4.78, 5) is 4.43. The molecule has 0 aliphatic heterocycles. The lowest BCUT2D eigenvalue weighted by atomic mass is 10.2. The predicted octanol–water partition coefficient (Wildman–Crippen LogP) is 6.48. The Bertz CT molecular complexity index is 1030. The molecule has 0 radical (unpaired) electrons. The molecule has 0 amide bonds. The van der Waals surface area contributed by atoms with Crippen LogP contribution in [0.4, 0.5) is 0 Å². The molecule has 5 nitrogen and oxygen atoms in total. The van der Waals surface area contributed by atoms with Gasteiger partial charge in [-0.3, -0.25) is 4.99 Å². The minimum atomic E-state index is -3.94. The fourth-order valence-corrected chi connectivity index (χ4v) is 3.94. The summed E-state index contributed by atoms with van der Waals surface area (Å²) >= 11 is 24.2. The van der Waals surface area contributed by atoms with Gasteiger partial charge >= 0.3 is 0 Å². The van der Waals surface area contributed by atoms with Gasteiger partial charge in [0.15, 0.2) is 5.84 Å². The van der Waals surface area contributed by atoms with Crippen molar-refractivity contribution in [2.45, 2.75) is 48.3 Å². The summed E-state index contributed by atoms with van der Waals surface area (Å²) in [5.41, 5.74) is 1.79. The minimum absolute atomic E-state index is 0.0126.